The van der Waals surface area contributed by atoms with Gasteiger partial charge in [-0.05, 0) is 47.9 Å². The Morgan fingerprint density at radius 2 is 1.89 bits per heavy atom. The zero-order valence-corrected chi connectivity index (χ0v) is 14.5. The summed E-state index contributed by atoms with van der Waals surface area (Å²) in [4.78, 5) is 42.3. The summed E-state index contributed by atoms with van der Waals surface area (Å²) in [6, 6.07) is 10.8. The van der Waals surface area contributed by atoms with Crippen molar-refractivity contribution in [3.05, 3.63) is 63.6 Å². The van der Waals surface area contributed by atoms with E-state index in [2.05, 4.69) is 15.3 Å². The number of aromatic nitrogens is 2. The number of imidazole rings is 1. The number of primary amides is 1. The fourth-order valence-electron chi connectivity index (χ4n) is 3.43. The number of carbonyl (C=O) groups is 2. The van der Waals surface area contributed by atoms with Gasteiger partial charge in [-0.15, -0.1) is 0 Å². The Balaban J connectivity index is 1.52. The zero-order valence-electron chi connectivity index (χ0n) is 14.5. The van der Waals surface area contributed by atoms with Crippen molar-refractivity contribution in [2.24, 2.45) is 5.73 Å². The van der Waals surface area contributed by atoms with Gasteiger partial charge in [-0.2, -0.15) is 0 Å². The molecule has 0 atom stereocenters. The van der Waals surface area contributed by atoms with Gasteiger partial charge in [-0.25, -0.2) is 4.79 Å². The third kappa shape index (κ3) is 3.61. The van der Waals surface area contributed by atoms with Gasteiger partial charge in [0.1, 0.15) is 0 Å². The van der Waals surface area contributed by atoms with Gasteiger partial charge < -0.3 is 21.0 Å². The molecular formula is C19H19N5O3. The monoisotopic (exact) mass is 365 g/mol. The summed E-state index contributed by atoms with van der Waals surface area (Å²) in [7, 11) is 0. The number of benzene rings is 2. The van der Waals surface area contributed by atoms with Crippen LogP contribution in [-0.2, 0) is 17.8 Å². The Morgan fingerprint density at radius 3 is 2.70 bits per heavy atom. The van der Waals surface area contributed by atoms with E-state index in [0.29, 0.717) is 28.8 Å². The van der Waals surface area contributed by atoms with Crippen LogP contribution in [0.5, 0.6) is 0 Å². The quantitative estimate of drug-likeness (QED) is 0.549. The van der Waals surface area contributed by atoms with Crippen molar-refractivity contribution >= 4 is 28.5 Å². The second kappa shape index (κ2) is 6.73. The average Bonchev–Trinajstić information content (AvgIpc) is 3.00. The van der Waals surface area contributed by atoms with Crippen molar-refractivity contribution in [3.63, 3.8) is 0 Å². The Hall–Kier alpha value is -3.39. The number of hydrogen-bond acceptors (Lipinski definition) is 4. The Kier molecular flexibility index (Phi) is 4.25. The van der Waals surface area contributed by atoms with E-state index in [-0.39, 0.29) is 24.0 Å². The highest BCUT2D eigenvalue weighted by Gasteiger charge is 2.18. The van der Waals surface area contributed by atoms with Crippen molar-refractivity contribution < 1.29 is 9.59 Å². The topological polar surface area (TPSA) is 124 Å². The SMILES string of the molecule is NC(=O)CN1CCc2ccc(NC(=O)c3ccc4[nH]c(=O)[nH]c4c3)cc2C1. The number of carbonyl (C=O) groups excluding carboxylic acids is 2. The molecule has 2 aromatic carbocycles. The molecule has 0 aliphatic carbocycles. The minimum Gasteiger partial charge on any atom is -0.369 e. The third-order valence-electron chi connectivity index (χ3n) is 4.71. The summed E-state index contributed by atoms with van der Waals surface area (Å²) in [6.07, 6.45) is 0.842. The molecule has 138 valence electrons. The third-order valence-corrected chi connectivity index (χ3v) is 4.71. The fraction of sp³-hybridized carbons (Fsp3) is 0.211. The van der Waals surface area contributed by atoms with E-state index in [0.717, 1.165) is 18.5 Å². The van der Waals surface area contributed by atoms with Crippen LogP contribution in [-0.4, -0.2) is 39.8 Å². The molecule has 4 rings (SSSR count). The summed E-state index contributed by atoms with van der Waals surface area (Å²) in [5.74, 6) is -0.607. The highest BCUT2D eigenvalue weighted by molar-refractivity contribution is 6.05. The van der Waals surface area contributed by atoms with Crippen molar-refractivity contribution in [1.29, 1.82) is 0 Å². The van der Waals surface area contributed by atoms with Gasteiger partial charge in [-0.3, -0.25) is 14.5 Å². The van der Waals surface area contributed by atoms with E-state index >= 15 is 0 Å². The Bertz CT molecular complexity index is 1100. The van der Waals surface area contributed by atoms with Crippen molar-refractivity contribution in [2.75, 3.05) is 18.4 Å². The van der Waals surface area contributed by atoms with Crippen LogP contribution >= 0.6 is 0 Å². The van der Waals surface area contributed by atoms with Crippen LogP contribution in [0.3, 0.4) is 0 Å². The van der Waals surface area contributed by atoms with E-state index in [4.69, 9.17) is 5.73 Å². The van der Waals surface area contributed by atoms with E-state index < -0.39 is 0 Å². The van der Waals surface area contributed by atoms with Crippen molar-refractivity contribution in [2.45, 2.75) is 13.0 Å². The summed E-state index contributed by atoms with van der Waals surface area (Å²) in [5.41, 5.74) is 9.63. The number of hydrogen-bond donors (Lipinski definition) is 4. The Morgan fingerprint density at radius 1 is 1.07 bits per heavy atom. The maximum absolute atomic E-state index is 12.6. The molecule has 3 aromatic rings. The molecule has 8 nitrogen and oxygen atoms in total. The van der Waals surface area contributed by atoms with Crippen LogP contribution in [0.25, 0.3) is 11.0 Å². The lowest BCUT2D eigenvalue weighted by Gasteiger charge is -2.28. The smallest absolute Gasteiger partial charge is 0.323 e. The van der Waals surface area contributed by atoms with Gasteiger partial charge in [0.15, 0.2) is 0 Å². The number of fused-ring (bicyclic) bond motifs is 2. The Labute approximate surface area is 154 Å². The predicted molar refractivity (Wildman–Crippen MR) is 101 cm³/mol. The number of amides is 2. The number of anilines is 1. The second-order valence-corrected chi connectivity index (χ2v) is 6.70. The standard InChI is InChI=1S/C19H19N5O3/c20-17(25)10-24-6-5-11-1-3-14(7-13(11)9-24)21-18(26)12-2-4-15-16(8-12)23-19(27)22-15/h1-4,7-8H,5-6,9-10H2,(H2,20,25)(H,21,26)(H2,22,23,27). The number of H-pyrrole nitrogens is 2. The molecule has 5 N–H and O–H groups in total. The zero-order chi connectivity index (χ0) is 19.0. The number of nitrogens with two attached hydrogens (primary N) is 1. The van der Waals surface area contributed by atoms with Crippen LogP contribution in [0.4, 0.5) is 5.69 Å². The van der Waals surface area contributed by atoms with Crippen LogP contribution in [0.15, 0.2) is 41.2 Å². The first-order valence-electron chi connectivity index (χ1n) is 8.64. The van der Waals surface area contributed by atoms with Gasteiger partial charge in [-0.1, -0.05) is 6.07 Å². The van der Waals surface area contributed by atoms with Crippen LogP contribution < -0.4 is 16.7 Å². The van der Waals surface area contributed by atoms with E-state index in [1.165, 1.54) is 5.56 Å². The molecule has 0 radical (unpaired) electrons. The van der Waals surface area contributed by atoms with E-state index in [1.807, 2.05) is 23.1 Å². The van der Waals surface area contributed by atoms with Gasteiger partial charge in [0.05, 0.1) is 17.6 Å². The first-order chi connectivity index (χ1) is 13.0. The highest BCUT2D eigenvalue weighted by Crippen LogP contribution is 2.23. The van der Waals surface area contributed by atoms with Crippen LogP contribution in [0, 0.1) is 0 Å². The largest absolute Gasteiger partial charge is 0.369 e. The number of rotatable bonds is 4. The molecule has 0 fully saturated rings. The maximum atomic E-state index is 12.6. The molecule has 27 heavy (non-hydrogen) atoms. The maximum Gasteiger partial charge on any atom is 0.323 e. The van der Waals surface area contributed by atoms with Crippen LogP contribution in [0.2, 0.25) is 0 Å². The summed E-state index contributed by atoms with van der Waals surface area (Å²) in [6.45, 7) is 1.64. The average molecular weight is 365 g/mol. The summed E-state index contributed by atoms with van der Waals surface area (Å²) < 4.78 is 0. The molecule has 1 aliphatic heterocycles. The van der Waals surface area contributed by atoms with Crippen LogP contribution in [0.1, 0.15) is 21.5 Å². The minimum absolute atomic E-state index is 0.227. The molecule has 0 saturated carbocycles. The first-order valence-corrected chi connectivity index (χ1v) is 8.64. The number of nitrogens with one attached hydrogen (secondary N) is 3. The van der Waals surface area contributed by atoms with E-state index in [1.54, 1.807) is 18.2 Å². The molecule has 0 bridgehead atoms. The molecule has 1 aliphatic rings. The second-order valence-electron chi connectivity index (χ2n) is 6.70. The van der Waals surface area contributed by atoms with Crippen molar-refractivity contribution in [3.8, 4) is 0 Å². The van der Waals surface area contributed by atoms with Crippen molar-refractivity contribution in [1.82, 2.24) is 14.9 Å². The first kappa shape index (κ1) is 17.0. The van der Waals surface area contributed by atoms with E-state index in [9.17, 15) is 14.4 Å². The molecule has 1 aromatic heterocycles. The summed E-state index contributed by atoms with van der Waals surface area (Å²) >= 11 is 0. The molecule has 0 spiro atoms. The molecule has 0 saturated heterocycles. The van der Waals surface area contributed by atoms with Gasteiger partial charge >= 0.3 is 5.69 Å². The van der Waals surface area contributed by atoms with Gasteiger partial charge in [0.25, 0.3) is 5.91 Å². The lowest BCUT2D eigenvalue weighted by molar-refractivity contribution is -0.119. The minimum atomic E-state index is -0.346. The molecule has 0 unspecified atom stereocenters. The molecule has 2 amide bonds. The fourth-order valence-corrected chi connectivity index (χ4v) is 3.43. The lowest BCUT2D eigenvalue weighted by atomic mass is 9.99. The molecule has 2 heterocycles. The molecule has 8 heteroatoms. The normalized spacial score (nSPS) is 14.1. The van der Waals surface area contributed by atoms with Gasteiger partial charge in [0, 0.05) is 24.3 Å². The predicted octanol–water partition coefficient (Wildman–Crippen LogP) is 0.952. The number of nitrogens with zero attached hydrogens (tertiary/aromatic N) is 1. The van der Waals surface area contributed by atoms with Gasteiger partial charge in [0.2, 0.25) is 5.91 Å². The highest BCUT2D eigenvalue weighted by atomic mass is 16.2. The molecular weight excluding hydrogens is 346 g/mol. The number of aromatic amines is 2. The lowest BCUT2D eigenvalue weighted by Crippen LogP contribution is -2.37. The summed E-state index contributed by atoms with van der Waals surface area (Å²) in [5, 5.41) is 2.88.